The number of halogens is 1. The third kappa shape index (κ3) is 4.27. The Bertz CT molecular complexity index is 1170. The zero-order valence-electron chi connectivity index (χ0n) is 23.4. The largest absolute Gasteiger partial charge is 0.494 e. The Morgan fingerprint density at radius 1 is 1.28 bits per heavy atom. The lowest BCUT2D eigenvalue weighted by Gasteiger charge is -2.61. The lowest BCUT2D eigenvalue weighted by molar-refractivity contribution is -0.207. The number of aliphatic hydroxyl groups excluding tert-OH is 1. The highest BCUT2D eigenvalue weighted by atomic mass is 19.1. The molecule has 1 aliphatic heterocycles. The lowest BCUT2D eigenvalue weighted by Crippen LogP contribution is -2.63. The van der Waals surface area contributed by atoms with E-state index in [0.29, 0.717) is 31.4 Å². The molecule has 212 valence electrons. The minimum atomic E-state index is -1.39. The maximum atomic E-state index is 15.1. The Kier molecular flexibility index (Phi) is 7.26. The highest BCUT2D eigenvalue weighted by Crippen LogP contribution is 2.68. The van der Waals surface area contributed by atoms with E-state index in [9.17, 15) is 19.7 Å². The first-order valence-electron chi connectivity index (χ1n) is 14.2. The number of carbonyl (C=O) groups is 2. The maximum Gasteiger partial charge on any atom is 0.494 e. The summed E-state index contributed by atoms with van der Waals surface area (Å²) in [5, 5.41) is 21.7. The second-order valence-electron chi connectivity index (χ2n) is 12.8. The number of hydrogen-bond donors (Lipinski definition) is 2. The van der Waals surface area contributed by atoms with Gasteiger partial charge in [-0.1, -0.05) is 39.8 Å². The van der Waals surface area contributed by atoms with Gasteiger partial charge in [0.25, 0.3) is 0 Å². The summed E-state index contributed by atoms with van der Waals surface area (Å²) in [5.74, 6) is -1.77. The van der Waals surface area contributed by atoms with Crippen LogP contribution in [0.25, 0.3) is 0 Å². The molecule has 4 aliphatic rings. The predicted octanol–water partition coefficient (Wildman–Crippen LogP) is 3.37. The third-order valence-corrected chi connectivity index (χ3v) is 11.0. The smallest absolute Gasteiger partial charge is 0.479 e. The molecule has 0 aromatic heterocycles. The Balaban J connectivity index is 1.44. The number of benzene rings is 1. The normalized spacial score (nSPS) is 39.7. The number of ketones is 1. The summed E-state index contributed by atoms with van der Waals surface area (Å²) in [7, 11) is -1.39. The van der Waals surface area contributed by atoms with E-state index in [1.54, 1.807) is 12.1 Å². The summed E-state index contributed by atoms with van der Waals surface area (Å²) >= 11 is 0. The van der Waals surface area contributed by atoms with Gasteiger partial charge in [0.1, 0.15) is 11.9 Å². The summed E-state index contributed by atoms with van der Waals surface area (Å²) in [6, 6.07) is 3.10. The van der Waals surface area contributed by atoms with Gasteiger partial charge in [0.15, 0.2) is 18.2 Å². The molecular weight excluding hydrogens is 502 g/mol. The van der Waals surface area contributed by atoms with Crippen LogP contribution in [0.15, 0.2) is 24.8 Å². The molecule has 0 saturated heterocycles. The number of ether oxygens (including phenoxy) is 2. The molecule has 1 aromatic carbocycles. The summed E-state index contributed by atoms with van der Waals surface area (Å²) in [6.07, 6.45) is 4.01. The Hall–Kier alpha value is -2.23. The summed E-state index contributed by atoms with van der Waals surface area (Å²) in [4.78, 5) is 26.8. The molecule has 1 aromatic rings. The van der Waals surface area contributed by atoms with Crippen LogP contribution in [-0.4, -0.2) is 54.4 Å². The fourth-order valence-electron chi connectivity index (χ4n) is 8.40. The van der Waals surface area contributed by atoms with Crippen molar-refractivity contribution in [1.29, 1.82) is 0 Å². The highest BCUT2D eigenvalue weighted by Gasteiger charge is 2.68. The first-order valence-corrected chi connectivity index (χ1v) is 14.2. The number of rotatable bonds is 5. The summed E-state index contributed by atoms with van der Waals surface area (Å²) in [5.41, 5.74) is -1.08. The fraction of sp³-hybridized carbons (Fsp3) is 0.667. The van der Waals surface area contributed by atoms with Gasteiger partial charge in [-0.2, -0.15) is 0 Å². The molecule has 5 rings (SSSR count). The first kappa shape index (κ1) is 28.3. The molecule has 8 atom stereocenters. The Morgan fingerprint density at radius 2 is 2.03 bits per heavy atom. The predicted molar refractivity (Wildman–Crippen MR) is 144 cm³/mol. The zero-order chi connectivity index (χ0) is 28.3. The molecular formula is C30H40BFO7. The van der Waals surface area contributed by atoms with E-state index in [-0.39, 0.29) is 40.2 Å². The van der Waals surface area contributed by atoms with Crippen molar-refractivity contribution >= 4 is 24.3 Å². The van der Waals surface area contributed by atoms with Gasteiger partial charge in [-0.3, -0.25) is 4.79 Å². The molecule has 7 nitrogen and oxygen atoms in total. The highest BCUT2D eigenvalue weighted by molar-refractivity contribution is 6.61. The minimum absolute atomic E-state index is 0.0246. The Morgan fingerprint density at radius 3 is 2.74 bits per heavy atom. The van der Waals surface area contributed by atoms with Gasteiger partial charge in [-0.15, -0.1) is 6.58 Å². The Labute approximate surface area is 230 Å². The SMILES string of the molecule is C=C[C@]1(C)C[C@@H](OC(=O)COc2ccc3c(c2F)B(O)OCC3)[C@@]2(C)[C@@H]3C(=O)CC[C@@]3(CC[C@@H]2C)[C@@H](C)[C@@H]1O. The molecule has 1 heterocycles. The minimum Gasteiger partial charge on any atom is -0.479 e. The van der Waals surface area contributed by atoms with Crippen molar-refractivity contribution in [3.8, 4) is 5.75 Å². The molecule has 0 unspecified atom stereocenters. The fourth-order valence-corrected chi connectivity index (χ4v) is 8.40. The van der Waals surface area contributed by atoms with Crippen LogP contribution in [0, 0.1) is 39.8 Å². The second-order valence-corrected chi connectivity index (χ2v) is 12.8. The number of aliphatic hydroxyl groups is 1. The van der Waals surface area contributed by atoms with Crippen LogP contribution in [0.5, 0.6) is 5.75 Å². The molecule has 3 fully saturated rings. The first-order chi connectivity index (χ1) is 18.4. The average Bonchev–Trinajstić information content (AvgIpc) is 3.26. The van der Waals surface area contributed by atoms with Gasteiger partial charge in [-0.25, -0.2) is 9.18 Å². The number of hydrogen-bond acceptors (Lipinski definition) is 7. The number of fused-ring (bicyclic) bond motifs is 1. The van der Waals surface area contributed by atoms with Crippen molar-refractivity contribution in [2.75, 3.05) is 13.2 Å². The number of esters is 1. The van der Waals surface area contributed by atoms with Crippen molar-refractivity contribution in [1.82, 2.24) is 0 Å². The lowest BCUT2D eigenvalue weighted by atomic mass is 9.44. The molecule has 2 bridgehead atoms. The quantitative estimate of drug-likeness (QED) is 0.334. The molecule has 3 saturated carbocycles. The van der Waals surface area contributed by atoms with Gasteiger partial charge in [-0.05, 0) is 61.0 Å². The van der Waals surface area contributed by atoms with Crippen LogP contribution in [0.1, 0.15) is 65.4 Å². The van der Waals surface area contributed by atoms with E-state index in [2.05, 4.69) is 27.4 Å². The van der Waals surface area contributed by atoms with E-state index in [1.165, 1.54) is 6.07 Å². The molecule has 0 radical (unpaired) electrons. The average molecular weight is 542 g/mol. The summed E-state index contributed by atoms with van der Waals surface area (Å²) < 4.78 is 32.0. The van der Waals surface area contributed by atoms with E-state index in [0.717, 1.165) is 19.3 Å². The maximum absolute atomic E-state index is 15.1. The van der Waals surface area contributed by atoms with Crippen LogP contribution < -0.4 is 10.2 Å². The van der Waals surface area contributed by atoms with E-state index < -0.39 is 48.5 Å². The van der Waals surface area contributed by atoms with E-state index >= 15 is 4.39 Å². The molecule has 2 N–H and O–H groups in total. The van der Waals surface area contributed by atoms with Crippen LogP contribution in [0.2, 0.25) is 0 Å². The van der Waals surface area contributed by atoms with Crippen LogP contribution in [0.3, 0.4) is 0 Å². The van der Waals surface area contributed by atoms with Crippen molar-refractivity contribution in [2.24, 2.45) is 34.0 Å². The number of carbonyl (C=O) groups excluding carboxylic acids is 2. The van der Waals surface area contributed by atoms with E-state index in [1.807, 2.05) is 6.92 Å². The monoisotopic (exact) mass is 542 g/mol. The molecule has 9 heteroatoms. The number of Topliss-reactive ketones (excluding diaryl/α,β-unsaturated/α-hetero) is 1. The van der Waals surface area contributed by atoms with E-state index in [4.69, 9.17) is 14.1 Å². The van der Waals surface area contributed by atoms with Gasteiger partial charge < -0.3 is 24.3 Å². The van der Waals surface area contributed by atoms with Crippen molar-refractivity contribution in [2.45, 2.75) is 78.4 Å². The van der Waals surface area contributed by atoms with Crippen molar-refractivity contribution in [3.63, 3.8) is 0 Å². The van der Waals surface area contributed by atoms with Crippen LogP contribution in [-0.2, 0) is 25.4 Å². The van der Waals surface area contributed by atoms with Crippen molar-refractivity contribution < 1.29 is 38.2 Å². The topological polar surface area (TPSA) is 102 Å². The molecule has 0 amide bonds. The molecule has 0 spiro atoms. The van der Waals surface area contributed by atoms with Gasteiger partial charge in [0.2, 0.25) is 0 Å². The van der Waals surface area contributed by atoms with Gasteiger partial charge >= 0.3 is 13.1 Å². The molecule has 39 heavy (non-hydrogen) atoms. The van der Waals surface area contributed by atoms with Gasteiger partial charge in [0.05, 0.1) is 6.10 Å². The van der Waals surface area contributed by atoms with Crippen molar-refractivity contribution in [3.05, 3.63) is 36.2 Å². The van der Waals surface area contributed by atoms with Crippen LogP contribution >= 0.6 is 0 Å². The zero-order valence-corrected chi connectivity index (χ0v) is 23.4. The van der Waals surface area contributed by atoms with Crippen LogP contribution in [0.4, 0.5) is 4.39 Å². The standard InChI is InChI=1S/C30H40BFO7/c1-6-28(4)15-22(29(5)17(2)9-12-30(18(3)27(28)35)13-10-20(33)26(29)30)39-23(34)16-37-21-8-7-19-11-14-38-31(36)24(19)25(21)32/h6-8,17-18,22,26-27,35-36H,1,9-16H2,2-5H3/t17-,18-,22+,26-,27-,28+,29-,30-/m0/s1. The molecule has 3 aliphatic carbocycles. The third-order valence-electron chi connectivity index (χ3n) is 11.0. The summed E-state index contributed by atoms with van der Waals surface area (Å²) in [6.45, 7) is 12.0. The second kappa shape index (κ2) is 10.00. The van der Waals surface area contributed by atoms with Gasteiger partial charge in [0, 0.05) is 35.2 Å².